The van der Waals surface area contributed by atoms with E-state index in [1.807, 2.05) is 0 Å². The molecule has 0 bridgehead atoms. The predicted octanol–water partition coefficient (Wildman–Crippen LogP) is 2.80. The largest absolute Gasteiger partial charge is 0.493 e. The molecule has 0 aliphatic rings. The summed E-state index contributed by atoms with van der Waals surface area (Å²) in [5, 5.41) is 13.7. The summed E-state index contributed by atoms with van der Waals surface area (Å²) in [6, 6.07) is 4.95. The Hall–Kier alpha value is -2.61. The fourth-order valence-corrected chi connectivity index (χ4v) is 1.76. The SMILES string of the molecule is COc1ccc(Nc2nc(Cl)ncc2[N+](=O)[O-])cc1OC. The van der Waals surface area contributed by atoms with Gasteiger partial charge in [0.25, 0.3) is 0 Å². The van der Waals surface area contributed by atoms with Gasteiger partial charge in [-0.05, 0) is 23.7 Å². The van der Waals surface area contributed by atoms with Crippen molar-refractivity contribution in [3.05, 3.63) is 39.8 Å². The van der Waals surface area contributed by atoms with Gasteiger partial charge in [-0.2, -0.15) is 4.98 Å². The van der Waals surface area contributed by atoms with Gasteiger partial charge in [0.05, 0.1) is 19.1 Å². The molecule has 0 unspecified atom stereocenters. The minimum atomic E-state index is -0.598. The number of halogens is 1. The number of aromatic nitrogens is 2. The minimum Gasteiger partial charge on any atom is -0.493 e. The van der Waals surface area contributed by atoms with Crippen LogP contribution in [-0.2, 0) is 0 Å². The molecule has 1 N–H and O–H groups in total. The number of nitrogens with one attached hydrogen (secondary N) is 1. The summed E-state index contributed by atoms with van der Waals surface area (Å²) in [5.74, 6) is 1.01. The van der Waals surface area contributed by atoms with Crippen LogP contribution >= 0.6 is 11.6 Å². The van der Waals surface area contributed by atoms with Crippen LogP contribution in [0.25, 0.3) is 0 Å². The van der Waals surface area contributed by atoms with Gasteiger partial charge < -0.3 is 14.8 Å². The highest BCUT2D eigenvalue weighted by atomic mass is 35.5. The number of anilines is 2. The van der Waals surface area contributed by atoms with Gasteiger partial charge in [0.2, 0.25) is 11.1 Å². The normalized spacial score (nSPS) is 10.0. The molecule has 0 saturated heterocycles. The van der Waals surface area contributed by atoms with E-state index in [1.165, 1.54) is 14.2 Å². The van der Waals surface area contributed by atoms with E-state index in [9.17, 15) is 10.1 Å². The van der Waals surface area contributed by atoms with Crippen LogP contribution in [0.2, 0.25) is 5.28 Å². The highest BCUT2D eigenvalue weighted by Gasteiger charge is 2.17. The molecule has 0 aliphatic carbocycles. The van der Waals surface area contributed by atoms with Gasteiger partial charge in [0.15, 0.2) is 11.5 Å². The molecule has 0 atom stereocenters. The van der Waals surface area contributed by atoms with Crippen molar-refractivity contribution in [2.45, 2.75) is 0 Å². The lowest BCUT2D eigenvalue weighted by atomic mass is 10.2. The topological polar surface area (TPSA) is 99.4 Å². The lowest BCUT2D eigenvalue weighted by Gasteiger charge is -2.10. The van der Waals surface area contributed by atoms with E-state index in [0.717, 1.165) is 6.20 Å². The third kappa shape index (κ3) is 3.29. The molecular formula is C12H11ClN4O4. The van der Waals surface area contributed by atoms with E-state index in [2.05, 4.69) is 15.3 Å². The first-order valence-electron chi connectivity index (χ1n) is 5.71. The van der Waals surface area contributed by atoms with Gasteiger partial charge in [0, 0.05) is 11.8 Å². The Kier molecular flexibility index (Phi) is 4.39. The first kappa shape index (κ1) is 14.8. The van der Waals surface area contributed by atoms with E-state index in [-0.39, 0.29) is 16.8 Å². The van der Waals surface area contributed by atoms with Crippen LogP contribution in [0, 0.1) is 10.1 Å². The Balaban J connectivity index is 2.38. The third-order valence-corrected chi connectivity index (χ3v) is 2.77. The number of methoxy groups -OCH3 is 2. The summed E-state index contributed by atoms with van der Waals surface area (Å²) >= 11 is 5.66. The molecule has 0 radical (unpaired) electrons. The first-order chi connectivity index (χ1) is 10.0. The molecule has 21 heavy (non-hydrogen) atoms. The van der Waals surface area contributed by atoms with Crippen molar-refractivity contribution in [3.8, 4) is 11.5 Å². The summed E-state index contributed by atoms with van der Waals surface area (Å²) in [4.78, 5) is 17.8. The van der Waals surface area contributed by atoms with E-state index in [0.29, 0.717) is 17.2 Å². The van der Waals surface area contributed by atoms with Crippen LogP contribution in [0.4, 0.5) is 17.2 Å². The lowest BCUT2D eigenvalue weighted by molar-refractivity contribution is -0.384. The number of hydrogen-bond acceptors (Lipinski definition) is 7. The molecule has 2 rings (SSSR count). The lowest BCUT2D eigenvalue weighted by Crippen LogP contribution is -2.01. The molecular weight excluding hydrogens is 300 g/mol. The fraction of sp³-hybridized carbons (Fsp3) is 0.167. The van der Waals surface area contributed by atoms with Crippen LogP contribution in [0.5, 0.6) is 11.5 Å². The molecule has 0 spiro atoms. The second kappa shape index (κ2) is 6.23. The Morgan fingerprint density at radius 2 is 2.00 bits per heavy atom. The summed E-state index contributed by atoms with van der Waals surface area (Å²) in [6.07, 6.45) is 1.04. The van der Waals surface area contributed by atoms with E-state index < -0.39 is 4.92 Å². The quantitative estimate of drug-likeness (QED) is 0.515. The number of nitro groups is 1. The molecule has 1 aromatic heterocycles. The molecule has 110 valence electrons. The summed E-state index contributed by atoms with van der Waals surface area (Å²) in [7, 11) is 3.01. The zero-order chi connectivity index (χ0) is 15.4. The van der Waals surface area contributed by atoms with Gasteiger partial charge in [-0.15, -0.1) is 0 Å². The molecule has 0 saturated carbocycles. The first-order valence-corrected chi connectivity index (χ1v) is 6.09. The smallest absolute Gasteiger partial charge is 0.329 e. The monoisotopic (exact) mass is 310 g/mol. The maximum atomic E-state index is 10.9. The third-order valence-electron chi connectivity index (χ3n) is 2.58. The van der Waals surface area contributed by atoms with Crippen molar-refractivity contribution in [2.75, 3.05) is 19.5 Å². The number of nitrogens with zero attached hydrogens (tertiary/aromatic N) is 3. The van der Waals surface area contributed by atoms with Crippen LogP contribution in [0.15, 0.2) is 24.4 Å². The molecule has 9 heteroatoms. The van der Waals surface area contributed by atoms with E-state index >= 15 is 0 Å². The Morgan fingerprint density at radius 1 is 1.29 bits per heavy atom. The van der Waals surface area contributed by atoms with Gasteiger partial charge in [-0.1, -0.05) is 0 Å². The van der Waals surface area contributed by atoms with Gasteiger partial charge in [-0.3, -0.25) is 10.1 Å². The standard InChI is InChI=1S/C12H11ClN4O4/c1-20-9-4-3-7(5-10(9)21-2)15-11-8(17(18)19)6-14-12(13)16-11/h3-6H,1-2H3,(H,14,15,16). The van der Waals surface area contributed by atoms with Crippen molar-refractivity contribution in [2.24, 2.45) is 0 Å². The number of benzene rings is 1. The molecule has 8 nitrogen and oxygen atoms in total. The van der Waals surface area contributed by atoms with Crippen LogP contribution < -0.4 is 14.8 Å². The molecule has 1 heterocycles. The fourth-order valence-electron chi connectivity index (χ4n) is 1.63. The van der Waals surface area contributed by atoms with Crippen molar-refractivity contribution in [1.82, 2.24) is 9.97 Å². The zero-order valence-electron chi connectivity index (χ0n) is 11.2. The molecule has 1 aromatic carbocycles. The Morgan fingerprint density at radius 3 is 2.62 bits per heavy atom. The number of ether oxygens (including phenoxy) is 2. The van der Waals surface area contributed by atoms with Crippen molar-refractivity contribution in [3.63, 3.8) is 0 Å². The molecule has 2 aromatic rings. The van der Waals surface area contributed by atoms with Crippen molar-refractivity contribution >= 4 is 28.8 Å². The highest BCUT2D eigenvalue weighted by Crippen LogP contribution is 2.32. The van der Waals surface area contributed by atoms with E-state index in [1.54, 1.807) is 18.2 Å². The average molecular weight is 311 g/mol. The van der Waals surface area contributed by atoms with Crippen LogP contribution in [0.3, 0.4) is 0 Å². The maximum Gasteiger partial charge on any atom is 0.329 e. The van der Waals surface area contributed by atoms with Crippen LogP contribution in [-0.4, -0.2) is 29.1 Å². The van der Waals surface area contributed by atoms with Crippen molar-refractivity contribution in [1.29, 1.82) is 0 Å². The average Bonchev–Trinajstić information content (AvgIpc) is 2.46. The Labute approximate surface area is 124 Å². The maximum absolute atomic E-state index is 10.9. The summed E-state index contributed by atoms with van der Waals surface area (Å²) in [5.41, 5.74) is 0.250. The van der Waals surface area contributed by atoms with Crippen molar-refractivity contribution < 1.29 is 14.4 Å². The zero-order valence-corrected chi connectivity index (χ0v) is 11.9. The van der Waals surface area contributed by atoms with E-state index in [4.69, 9.17) is 21.1 Å². The van der Waals surface area contributed by atoms with Gasteiger partial charge in [0.1, 0.15) is 6.20 Å². The summed E-state index contributed by atoms with van der Waals surface area (Å²) in [6.45, 7) is 0. The molecule has 0 aliphatic heterocycles. The van der Waals surface area contributed by atoms with Gasteiger partial charge in [-0.25, -0.2) is 4.98 Å². The Bertz CT molecular complexity index is 680. The number of hydrogen-bond donors (Lipinski definition) is 1. The predicted molar refractivity (Wildman–Crippen MR) is 76.5 cm³/mol. The number of rotatable bonds is 5. The van der Waals surface area contributed by atoms with Crippen LogP contribution in [0.1, 0.15) is 0 Å². The minimum absolute atomic E-state index is 0.00720. The highest BCUT2D eigenvalue weighted by molar-refractivity contribution is 6.28. The molecule has 0 fully saturated rings. The van der Waals surface area contributed by atoms with Gasteiger partial charge >= 0.3 is 5.69 Å². The second-order valence-electron chi connectivity index (χ2n) is 3.82. The molecule has 0 amide bonds. The summed E-state index contributed by atoms with van der Waals surface area (Å²) < 4.78 is 10.3. The second-order valence-corrected chi connectivity index (χ2v) is 4.16.